The van der Waals surface area contributed by atoms with Crippen molar-refractivity contribution in [3.63, 3.8) is 0 Å². The van der Waals surface area contributed by atoms with Crippen molar-refractivity contribution in [2.75, 3.05) is 45.9 Å². The number of amides is 1. The van der Waals surface area contributed by atoms with E-state index in [1.807, 2.05) is 30.5 Å². The molecule has 1 aromatic carbocycles. The Hall–Kier alpha value is -3.07. The molecule has 1 N–H and O–H groups in total. The van der Waals surface area contributed by atoms with Crippen molar-refractivity contribution < 1.29 is 32.2 Å². The van der Waals surface area contributed by atoms with Crippen LogP contribution in [0.25, 0.3) is 5.57 Å². The molecule has 218 valence electrons. The second-order valence-electron chi connectivity index (χ2n) is 10.2. The minimum atomic E-state index is -4.29. The Bertz CT molecular complexity index is 1120. The molecule has 3 aliphatic heterocycles. The first-order valence-electron chi connectivity index (χ1n) is 12.9. The highest BCUT2D eigenvalue weighted by Crippen LogP contribution is 2.28. The van der Waals surface area contributed by atoms with E-state index in [9.17, 15) is 22.8 Å². The second-order valence-corrected chi connectivity index (χ2v) is 10.7. The summed E-state index contributed by atoms with van der Waals surface area (Å²) in [5, 5.41) is 2.20. The largest absolute Gasteiger partial charge is 0.474 e. The highest BCUT2D eigenvalue weighted by molar-refractivity contribution is 6.30. The fourth-order valence-corrected chi connectivity index (χ4v) is 4.85. The third kappa shape index (κ3) is 8.98. The van der Waals surface area contributed by atoms with Gasteiger partial charge in [-0.05, 0) is 38.0 Å². The number of carbonyl (C=O) groups excluding carboxylic acids is 2. The van der Waals surface area contributed by atoms with E-state index in [1.54, 1.807) is 0 Å². The summed E-state index contributed by atoms with van der Waals surface area (Å²) in [5.41, 5.74) is 1.81. The molecule has 40 heavy (non-hydrogen) atoms. The molecule has 2 fully saturated rings. The van der Waals surface area contributed by atoms with Crippen molar-refractivity contribution in [1.82, 2.24) is 15.1 Å². The summed E-state index contributed by atoms with van der Waals surface area (Å²) in [6, 6.07) is 7.72. The molecular weight excluding hydrogens is 549 g/mol. The number of terminal acetylenes is 1. The first-order valence-corrected chi connectivity index (χ1v) is 13.3. The van der Waals surface area contributed by atoms with Crippen LogP contribution in [0.15, 0.2) is 35.5 Å². The number of esters is 1. The molecule has 1 amide bonds. The van der Waals surface area contributed by atoms with Gasteiger partial charge in [-0.25, -0.2) is 4.99 Å². The first kappa shape index (κ1) is 31.5. The van der Waals surface area contributed by atoms with E-state index in [0.717, 1.165) is 56.2 Å². The number of piperazine rings is 1. The van der Waals surface area contributed by atoms with Gasteiger partial charge < -0.3 is 14.8 Å². The minimum absolute atomic E-state index is 0.00743. The summed E-state index contributed by atoms with van der Waals surface area (Å²) in [6.07, 6.45) is 4.12. The Labute approximate surface area is 237 Å². The maximum atomic E-state index is 11.9. The zero-order valence-corrected chi connectivity index (χ0v) is 23.3. The first-order chi connectivity index (χ1) is 18.9. The molecule has 3 aliphatic rings. The Morgan fingerprint density at radius 1 is 1.20 bits per heavy atom. The summed E-state index contributed by atoms with van der Waals surface area (Å²) >= 11 is 5.99. The molecular formula is C28H34ClF3N4O4. The Morgan fingerprint density at radius 2 is 1.88 bits per heavy atom. The molecule has 8 nitrogen and oxygen atoms in total. The highest BCUT2D eigenvalue weighted by Gasteiger charge is 2.39. The molecule has 2 atom stereocenters. The zero-order chi connectivity index (χ0) is 29.3. The van der Waals surface area contributed by atoms with Gasteiger partial charge in [-0.2, -0.15) is 13.2 Å². The van der Waals surface area contributed by atoms with Gasteiger partial charge in [-0.15, -0.1) is 12.3 Å². The van der Waals surface area contributed by atoms with Gasteiger partial charge in [-0.3, -0.25) is 19.4 Å². The predicted octanol–water partition coefficient (Wildman–Crippen LogP) is 3.76. The average molecular weight is 583 g/mol. The molecule has 3 heterocycles. The normalized spacial score (nSPS) is 22.1. The molecule has 2 saturated heterocycles. The molecule has 0 spiro atoms. The summed E-state index contributed by atoms with van der Waals surface area (Å²) in [7, 11) is 0. The minimum Gasteiger partial charge on any atom is -0.474 e. The quantitative estimate of drug-likeness (QED) is 0.286. The van der Waals surface area contributed by atoms with Crippen LogP contribution in [0, 0.1) is 18.3 Å². The lowest BCUT2D eigenvalue weighted by Gasteiger charge is -2.44. The molecule has 12 heteroatoms. The third-order valence-electron chi connectivity index (χ3n) is 6.98. The molecule has 4 rings (SSSR count). The zero-order valence-electron chi connectivity index (χ0n) is 22.5. The van der Waals surface area contributed by atoms with Gasteiger partial charge in [0.15, 0.2) is 0 Å². The fraction of sp³-hybridized carbons (Fsp3) is 0.536. The summed E-state index contributed by atoms with van der Waals surface area (Å²) in [5.74, 6) is 3.03. The lowest BCUT2D eigenvalue weighted by Crippen LogP contribution is -2.59. The smallest absolute Gasteiger partial charge is 0.405 e. The van der Waals surface area contributed by atoms with Crippen molar-refractivity contribution >= 4 is 35.5 Å². The lowest BCUT2D eigenvalue weighted by molar-refractivity contribution is -0.144. The topological polar surface area (TPSA) is 83.5 Å². The van der Waals surface area contributed by atoms with E-state index in [4.69, 9.17) is 27.5 Å². The Morgan fingerprint density at radius 3 is 2.40 bits per heavy atom. The molecule has 0 aliphatic carbocycles. The molecule has 0 bridgehead atoms. The van der Waals surface area contributed by atoms with Crippen LogP contribution in [0.1, 0.15) is 32.3 Å². The van der Waals surface area contributed by atoms with E-state index >= 15 is 0 Å². The number of halogens is 4. The van der Waals surface area contributed by atoms with Gasteiger partial charge in [0, 0.05) is 55.9 Å². The van der Waals surface area contributed by atoms with Crippen molar-refractivity contribution in [3.8, 4) is 12.3 Å². The van der Waals surface area contributed by atoms with Crippen molar-refractivity contribution in [2.45, 2.75) is 44.5 Å². The van der Waals surface area contributed by atoms with Crippen LogP contribution in [0.2, 0.25) is 5.02 Å². The molecule has 0 aromatic heterocycles. The standard InChI is InChI=1S/C25H30ClN3O3.C3H4F3NO/c1-4-5-19-14-22(32-23(19)30)16-28-10-12-29(13-11-28)25(2,3)24-27-15-20(17-31-24)18-6-8-21(26)9-7-18;4-3(5,6)1-7-2-8/h1,6-9,15,19,22H,5,10-14,16-17H2,2-3H3;2H,1H2,(H,7,8)/t19-,22+;/m1./s1. The number of nitrogens with zero attached hydrogens (tertiary/aromatic N) is 3. The third-order valence-corrected chi connectivity index (χ3v) is 7.23. The number of rotatable bonds is 8. The van der Waals surface area contributed by atoms with Crippen molar-refractivity contribution in [3.05, 3.63) is 41.1 Å². The van der Waals surface area contributed by atoms with E-state index in [2.05, 4.69) is 34.6 Å². The van der Waals surface area contributed by atoms with Crippen LogP contribution in [0.4, 0.5) is 13.2 Å². The van der Waals surface area contributed by atoms with Crippen LogP contribution >= 0.6 is 11.6 Å². The fourth-order valence-electron chi connectivity index (χ4n) is 4.73. The van der Waals surface area contributed by atoms with Crippen molar-refractivity contribution in [1.29, 1.82) is 0 Å². The van der Waals surface area contributed by atoms with E-state index in [1.165, 1.54) is 5.32 Å². The number of hydrogen-bond donors (Lipinski definition) is 1. The summed E-state index contributed by atoms with van der Waals surface area (Å²) < 4.78 is 44.7. The van der Waals surface area contributed by atoms with Crippen molar-refractivity contribution in [2.24, 2.45) is 10.9 Å². The molecule has 0 unspecified atom stereocenters. The van der Waals surface area contributed by atoms with E-state index in [0.29, 0.717) is 18.1 Å². The average Bonchev–Trinajstić information content (AvgIpc) is 3.26. The predicted molar refractivity (Wildman–Crippen MR) is 146 cm³/mol. The number of nitrogens with one attached hydrogen (secondary N) is 1. The number of ether oxygens (including phenoxy) is 2. The lowest BCUT2D eigenvalue weighted by atomic mass is 9.99. The number of aliphatic imine (C=N–C) groups is 1. The van der Waals surface area contributed by atoms with Crippen LogP contribution in [-0.2, 0) is 19.1 Å². The highest BCUT2D eigenvalue weighted by atomic mass is 35.5. The summed E-state index contributed by atoms with van der Waals surface area (Å²) in [6.45, 7) is 7.96. The number of carbonyl (C=O) groups is 2. The Balaban J connectivity index is 0.000000482. The molecule has 0 radical (unpaired) electrons. The summed E-state index contributed by atoms with van der Waals surface area (Å²) in [4.78, 5) is 30.6. The van der Waals surface area contributed by atoms with Gasteiger partial charge in [0.2, 0.25) is 12.3 Å². The van der Waals surface area contributed by atoms with Gasteiger partial charge in [-0.1, -0.05) is 23.7 Å². The molecule has 0 saturated carbocycles. The van der Waals surface area contributed by atoms with Crippen LogP contribution in [0.5, 0.6) is 0 Å². The van der Waals surface area contributed by atoms with Gasteiger partial charge in [0.05, 0.1) is 11.5 Å². The number of benzene rings is 1. The van der Waals surface area contributed by atoms with Gasteiger partial charge in [0.25, 0.3) is 0 Å². The van der Waals surface area contributed by atoms with Crippen LogP contribution in [0.3, 0.4) is 0 Å². The van der Waals surface area contributed by atoms with Crippen LogP contribution in [-0.4, -0.2) is 91.8 Å². The Kier molecular flexibility index (Phi) is 11.0. The monoisotopic (exact) mass is 582 g/mol. The van der Waals surface area contributed by atoms with Gasteiger partial charge >= 0.3 is 12.1 Å². The maximum absolute atomic E-state index is 11.9. The number of alkyl halides is 3. The maximum Gasteiger partial charge on any atom is 0.405 e. The molecule has 1 aromatic rings. The number of cyclic esters (lactones) is 1. The number of hydrogen-bond acceptors (Lipinski definition) is 7. The second kappa shape index (κ2) is 14.0. The van der Waals surface area contributed by atoms with E-state index in [-0.39, 0.29) is 29.9 Å². The van der Waals surface area contributed by atoms with Gasteiger partial charge in [0.1, 0.15) is 19.3 Å². The van der Waals surface area contributed by atoms with E-state index < -0.39 is 12.7 Å². The SMILES string of the molecule is C#CC[C@@H]1C[C@@H](CN2CCN(C(C)(C)C3=NC=C(c4ccc(Cl)cc4)CO3)CC2)OC1=O.O=CNCC(F)(F)F. The van der Waals surface area contributed by atoms with Crippen LogP contribution < -0.4 is 5.32 Å².